The van der Waals surface area contributed by atoms with Crippen molar-refractivity contribution in [3.63, 3.8) is 0 Å². The van der Waals surface area contributed by atoms with Gasteiger partial charge in [0.15, 0.2) is 0 Å². The lowest BCUT2D eigenvalue weighted by Gasteiger charge is -2.35. The predicted molar refractivity (Wildman–Crippen MR) is 126 cm³/mol. The van der Waals surface area contributed by atoms with Gasteiger partial charge in [-0.25, -0.2) is 0 Å². The lowest BCUT2D eigenvalue weighted by molar-refractivity contribution is -0.136. The first-order chi connectivity index (χ1) is 14.1. The van der Waals surface area contributed by atoms with Crippen LogP contribution in [-0.2, 0) is 16.1 Å². The molecule has 0 spiro atoms. The van der Waals surface area contributed by atoms with E-state index in [4.69, 9.17) is 4.74 Å². The highest BCUT2D eigenvalue weighted by molar-refractivity contribution is 6.05. The third-order valence-electron chi connectivity index (χ3n) is 5.47. The smallest absolute Gasteiger partial charge is 0.258 e. The second-order valence-corrected chi connectivity index (χ2v) is 7.41. The molecule has 0 aliphatic carbocycles. The van der Waals surface area contributed by atoms with Crippen LogP contribution >= 0.6 is 24.8 Å². The van der Waals surface area contributed by atoms with E-state index in [-0.39, 0.29) is 36.6 Å². The maximum absolute atomic E-state index is 12.8. The molecule has 9 heteroatoms. The molecular formula is C22H30Cl2N4O3. The van der Waals surface area contributed by atoms with Gasteiger partial charge < -0.3 is 20.3 Å². The molecule has 0 saturated carbocycles. The number of halogens is 2. The van der Waals surface area contributed by atoms with Crippen molar-refractivity contribution >= 4 is 42.3 Å². The SMILES string of the molecule is COCC1(C(=O)NCc2ccc(N(C)C(=O)c3ccncc3)cc2)CCNCC1.Cl.Cl. The number of carbonyl (C=O) groups excluding carboxylic acids is 2. The quantitative estimate of drug-likeness (QED) is 0.652. The zero-order chi connectivity index (χ0) is 20.7. The highest BCUT2D eigenvalue weighted by atomic mass is 35.5. The van der Waals surface area contributed by atoms with Crippen LogP contribution in [0.15, 0.2) is 48.8 Å². The standard InChI is InChI=1S/C22H28N4O3.2ClH/c1-26(20(27)18-7-11-23-12-8-18)19-5-3-17(4-6-19)15-25-21(28)22(16-29-2)9-13-24-14-10-22;;/h3-8,11-12,24H,9-10,13-16H2,1-2H3,(H,25,28);2*1H. The first kappa shape index (κ1) is 26.8. The van der Waals surface area contributed by atoms with Gasteiger partial charge in [0.2, 0.25) is 5.91 Å². The molecule has 31 heavy (non-hydrogen) atoms. The Hall–Kier alpha value is -2.19. The van der Waals surface area contributed by atoms with Gasteiger partial charge in [0.05, 0.1) is 12.0 Å². The Morgan fingerprint density at radius 1 is 1.10 bits per heavy atom. The van der Waals surface area contributed by atoms with E-state index in [9.17, 15) is 9.59 Å². The number of pyridine rings is 1. The van der Waals surface area contributed by atoms with Crippen LogP contribution in [0.3, 0.4) is 0 Å². The minimum Gasteiger partial charge on any atom is -0.384 e. The number of carbonyl (C=O) groups is 2. The minimum absolute atomic E-state index is 0. The molecule has 3 rings (SSSR count). The van der Waals surface area contributed by atoms with Gasteiger partial charge in [-0.05, 0) is 55.8 Å². The van der Waals surface area contributed by atoms with Gasteiger partial charge in [-0.3, -0.25) is 14.6 Å². The molecule has 1 aromatic carbocycles. The number of anilines is 1. The maximum atomic E-state index is 12.8. The summed E-state index contributed by atoms with van der Waals surface area (Å²) < 4.78 is 5.33. The van der Waals surface area contributed by atoms with Crippen molar-refractivity contribution in [2.75, 3.05) is 38.8 Å². The molecular weight excluding hydrogens is 439 g/mol. The fourth-order valence-electron chi connectivity index (χ4n) is 3.63. The summed E-state index contributed by atoms with van der Waals surface area (Å²) in [6.45, 7) is 2.52. The fourth-order valence-corrected chi connectivity index (χ4v) is 3.63. The van der Waals surface area contributed by atoms with Gasteiger partial charge in [0, 0.05) is 44.3 Å². The van der Waals surface area contributed by atoms with Gasteiger partial charge in [0.1, 0.15) is 0 Å². The summed E-state index contributed by atoms with van der Waals surface area (Å²) in [6.07, 6.45) is 4.75. The van der Waals surface area contributed by atoms with Crippen molar-refractivity contribution < 1.29 is 14.3 Å². The summed E-state index contributed by atoms with van der Waals surface area (Å²) in [7, 11) is 3.38. The van der Waals surface area contributed by atoms with Crippen LogP contribution < -0.4 is 15.5 Å². The average molecular weight is 469 g/mol. The summed E-state index contributed by atoms with van der Waals surface area (Å²) in [5.41, 5.74) is 1.89. The van der Waals surface area contributed by atoms with Gasteiger partial charge >= 0.3 is 0 Å². The van der Waals surface area contributed by atoms with E-state index in [1.54, 1.807) is 43.6 Å². The van der Waals surface area contributed by atoms with E-state index in [1.165, 1.54) is 0 Å². The Morgan fingerprint density at radius 2 is 1.71 bits per heavy atom. The van der Waals surface area contributed by atoms with E-state index in [0.29, 0.717) is 18.7 Å². The summed E-state index contributed by atoms with van der Waals surface area (Å²) in [4.78, 5) is 30.9. The largest absolute Gasteiger partial charge is 0.384 e. The third kappa shape index (κ3) is 6.64. The third-order valence-corrected chi connectivity index (χ3v) is 5.47. The van der Waals surface area contributed by atoms with Crippen LogP contribution in [0.25, 0.3) is 0 Å². The van der Waals surface area contributed by atoms with Gasteiger partial charge in [-0.15, -0.1) is 24.8 Å². The summed E-state index contributed by atoms with van der Waals surface area (Å²) in [5.74, 6) is -0.0595. The van der Waals surface area contributed by atoms with E-state index in [2.05, 4.69) is 15.6 Å². The first-order valence-electron chi connectivity index (χ1n) is 9.81. The molecule has 0 atom stereocenters. The number of nitrogens with one attached hydrogen (secondary N) is 2. The normalized spacial score (nSPS) is 14.5. The molecule has 1 aliphatic rings. The lowest BCUT2D eigenvalue weighted by Crippen LogP contribution is -2.49. The molecule has 1 saturated heterocycles. The Balaban J connectivity index is 0.00000240. The molecule has 0 radical (unpaired) electrons. The van der Waals surface area contributed by atoms with Crippen LogP contribution in [0.4, 0.5) is 5.69 Å². The molecule has 1 fully saturated rings. The summed E-state index contributed by atoms with van der Waals surface area (Å²) in [6, 6.07) is 11.0. The summed E-state index contributed by atoms with van der Waals surface area (Å²) in [5, 5.41) is 6.35. The van der Waals surface area contributed by atoms with Crippen molar-refractivity contribution in [1.29, 1.82) is 0 Å². The van der Waals surface area contributed by atoms with E-state index in [1.807, 2.05) is 24.3 Å². The molecule has 7 nitrogen and oxygen atoms in total. The fraction of sp³-hybridized carbons (Fsp3) is 0.409. The number of hydrogen-bond acceptors (Lipinski definition) is 5. The van der Waals surface area contributed by atoms with Crippen molar-refractivity contribution in [3.05, 3.63) is 59.9 Å². The highest BCUT2D eigenvalue weighted by Gasteiger charge is 2.39. The molecule has 1 aromatic heterocycles. The number of benzene rings is 1. The zero-order valence-electron chi connectivity index (χ0n) is 17.8. The molecule has 0 unspecified atom stereocenters. The number of amides is 2. The second-order valence-electron chi connectivity index (χ2n) is 7.41. The van der Waals surface area contributed by atoms with Crippen molar-refractivity contribution in [3.8, 4) is 0 Å². The second kappa shape index (κ2) is 12.6. The van der Waals surface area contributed by atoms with Gasteiger partial charge in [-0.2, -0.15) is 0 Å². The lowest BCUT2D eigenvalue weighted by atomic mass is 9.78. The van der Waals surface area contributed by atoms with Crippen LogP contribution in [0.1, 0.15) is 28.8 Å². The van der Waals surface area contributed by atoms with Gasteiger partial charge in [-0.1, -0.05) is 12.1 Å². The number of methoxy groups -OCH3 is 1. The number of nitrogens with zero attached hydrogens (tertiary/aromatic N) is 2. The van der Waals surface area contributed by atoms with Crippen LogP contribution in [0.2, 0.25) is 0 Å². The minimum atomic E-state index is -0.461. The van der Waals surface area contributed by atoms with Crippen molar-refractivity contribution in [2.45, 2.75) is 19.4 Å². The van der Waals surface area contributed by atoms with E-state index in [0.717, 1.165) is 37.2 Å². The molecule has 2 aromatic rings. The number of aromatic nitrogens is 1. The summed E-state index contributed by atoms with van der Waals surface area (Å²) >= 11 is 0. The number of hydrogen-bond donors (Lipinski definition) is 2. The Morgan fingerprint density at radius 3 is 2.29 bits per heavy atom. The molecule has 170 valence electrons. The molecule has 2 amide bonds. The molecule has 2 heterocycles. The molecule has 0 bridgehead atoms. The monoisotopic (exact) mass is 468 g/mol. The zero-order valence-corrected chi connectivity index (χ0v) is 19.4. The van der Waals surface area contributed by atoms with E-state index >= 15 is 0 Å². The number of rotatable bonds is 7. The topological polar surface area (TPSA) is 83.6 Å². The van der Waals surface area contributed by atoms with Crippen molar-refractivity contribution in [1.82, 2.24) is 15.6 Å². The first-order valence-corrected chi connectivity index (χ1v) is 9.81. The Labute approximate surface area is 195 Å². The highest BCUT2D eigenvalue weighted by Crippen LogP contribution is 2.29. The van der Waals surface area contributed by atoms with Crippen molar-refractivity contribution in [2.24, 2.45) is 5.41 Å². The molecule has 2 N–H and O–H groups in total. The van der Waals surface area contributed by atoms with Crippen LogP contribution in [0, 0.1) is 5.41 Å². The number of piperidine rings is 1. The van der Waals surface area contributed by atoms with Crippen LogP contribution in [-0.4, -0.2) is 50.7 Å². The Bertz CT molecular complexity index is 823. The van der Waals surface area contributed by atoms with Crippen LogP contribution in [0.5, 0.6) is 0 Å². The predicted octanol–water partition coefficient (Wildman–Crippen LogP) is 2.83. The Kier molecular flexibility index (Phi) is 10.9. The number of ether oxygens (including phenoxy) is 1. The molecule has 1 aliphatic heterocycles. The van der Waals surface area contributed by atoms with Gasteiger partial charge in [0.25, 0.3) is 5.91 Å². The van der Waals surface area contributed by atoms with E-state index < -0.39 is 5.41 Å². The average Bonchev–Trinajstić information content (AvgIpc) is 2.78. The maximum Gasteiger partial charge on any atom is 0.258 e.